The summed E-state index contributed by atoms with van der Waals surface area (Å²) in [6.45, 7) is 4.58. The van der Waals surface area contributed by atoms with E-state index in [0.717, 1.165) is 0 Å². The van der Waals surface area contributed by atoms with Crippen molar-refractivity contribution in [3.8, 4) is 0 Å². The van der Waals surface area contributed by atoms with E-state index < -0.39 is 0 Å². The molecule has 0 rings (SSSR count). The molecule has 0 aromatic rings. The van der Waals surface area contributed by atoms with Gasteiger partial charge in [0.15, 0.2) is 0 Å². The fourth-order valence-electron chi connectivity index (χ4n) is 2.46. The van der Waals surface area contributed by atoms with Crippen molar-refractivity contribution in [3.05, 3.63) is 6.42 Å². The van der Waals surface area contributed by atoms with E-state index in [-0.39, 0.29) is 29.6 Å². The average Bonchev–Trinajstić information content (AvgIpc) is 2.39. The molecule has 0 aliphatic rings. The molecular formula is C18H38Na. The Hall–Kier alpha value is 1.00. The van der Waals surface area contributed by atoms with Crippen LogP contribution in [0.2, 0.25) is 0 Å². The Morgan fingerprint density at radius 2 is 0.789 bits per heavy atom. The van der Waals surface area contributed by atoms with Gasteiger partial charge in [0.2, 0.25) is 0 Å². The summed E-state index contributed by atoms with van der Waals surface area (Å²) >= 11 is 0. The minimum absolute atomic E-state index is 0. The second kappa shape index (κ2) is 21.3. The van der Waals surface area contributed by atoms with Crippen LogP contribution in [0.15, 0.2) is 0 Å². The molecule has 0 aromatic heterocycles. The molecule has 0 N–H and O–H groups in total. The van der Waals surface area contributed by atoms with Gasteiger partial charge in [-0.05, 0) is 6.42 Å². The van der Waals surface area contributed by atoms with E-state index >= 15 is 0 Å². The molecule has 0 amide bonds. The summed E-state index contributed by atoms with van der Waals surface area (Å²) in [6.07, 6.45) is 23.9. The predicted octanol–water partition coefficient (Wildman–Crippen LogP) is 6.43. The van der Waals surface area contributed by atoms with Gasteiger partial charge < -0.3 is 0 Å². The molecule has 0 bridgehead atoms. The molecule has 0 nitrogen and oxygen atoms in total. The van der Waals surface area contributed by atoms with Gasteiger partial charge in [-0.2, -0.15) is 0 Å². The molecule has 0 aliphatic heterocycles. The molecular weight excluding hydrogens is 239 g/mol. The topological polar surface area (TPSA) is 0 Å². The Balaban J connectivity index is 0. The van der Waals surface area contributed by atoms with Crippen molar-refractivity contribution in [1.29, 1.82) is 0 Å². The van der Waals surface area contributed by atoms with E-state index in [1.54, 1.807) is 0 Å². The molecule has 0 spiro atoms. The third-order valence-corrected chi connectivity index (χ3v) is 3.77. The van der Waals surface area contributed by atoms with Crippen LogP contribution in [-0.2, 0) is 0 Å². The Kier molecular flexibility index (Phi) is 25.0. The third kappa shape index (κ3) is 21.4. The molecule has 0 atom stereocenters. The quantitative estimate of drug-likeness (QED) is 0.239. The molecule has 0 aromatic carbocycles. The van der Waals surface area contributed by atoms with Crippen molar-refractivity contribution >= 4 is 29.6 Å². The van der Waals surface area contributed by atoms with Crippen LogP contribution in [0.3, 0.4) is 0 Å². The summed E-state index contributed by atoms with van der Waals surface area (Å²) in [7, 11) is 0. The van der Waals surface area contributed by atoms with Crippen molar-refractivity contribution in [2.24, 2.45) is 0 Å². The van der Waals surface area contributed by atoms with Crippen LogP contribution in [0.1, 0.15) is 110 Å². The monoisotopic (exact) mass is 277 g/mol. The van der Waals surface area contributed by atoms with Crippen LogP contribution in [0, 0.1) is 6.42 Å². The number of rotatable bonds is 15. The molecule has 1 radical (unpaired) electrons. The molecule has 0 fully saturated rings. The van der Waals surface area contributed by atoms with Crippen LogP contribution in [-0.4, -0.2) is 29.6 Å². The summed E-state index contributed by atoms with van der Waals surface area (Å²) in [4.78, 5) is 0. The van der Waals surface area contributed by atoms with E-state index in [2.05, 4.69) is 20.3 Å². The van der Waals surface area contributed by atoms with Crippen LogP contribution < -0.4 is 0 Å². The zero-order valence-electron chi connectivity index (χ0n) is 13.2. The average molecular weight is 277 g/mol. The molecule has 19 heavy (non-hydrogen) atoms. The van der Waals surface area contributed by atoms with Crippen molar-refractivity contribution in [3.63, 3.8) is 0 Å². The Morgan fingerprint density at radius 1 is 0.474 bits per heavy atom. The maximum absolute atomic E-state index is 2.53. The van der Waals surface area contributed by atoms with Crippen LogP contribution in [0.25, 0.3) is 0 Å². The van der Waals surface area contributed by atoms with Crippen LogP contribution in [0.4, 0.5) is 0 Å². The van der Waals surface area contributed by atoms with E-state index in [1.165, 1.54) is 96.3 Å². The molecule has 0 saturated heterocycles. The van der Waals surface area contributed by atoms with Gasteiger partial charge in [0.05, 0.1) is 0 Å². The summed E-state index contributed by atoms with van der Waals surface area (Å²) in [5, 5.41) is 0. The molecule has 0 saturated carbocycles. The van der Waals surface area contributed by atoms with Crippen molar-refractivity contribution in [1.82, 2.24) is 0 Å². The fourth-order valence-corrected chi connectivity index (χ4v) is 2.46. The van der Waals surface area contributed by atoms with Gasteiger partial charge in [-0.3, -0.25) is 0 Å². The summed E-state index contributed by atoms with van der Waals surface area (Å²) < 4.78 is 0. The van der Waals surface area contributed by atoms with E-state index in [9.17, 15) is 0 Å². The van der Waals surface area contributed by atoms with E-state index in [4.69, 9.17) is 0 Å². The zero-order chi connectivity index (χ0) is 13.3. The third-order valence-electron chi connectivity index (χ3n) is 3.77. The van der Waals surface area contributed by atoms with Crippen LogP contribution in [0.5, 0.6) is 0 Å². The molecule has 0 aliphatic carbocycles. The second-order valence-corrected chi connectivity index (χ2v) is 5.76. The number of hydrogen-bond acceptors (Lipinski definition) is 0. The molecule has 0 unspecified atom stereocenters. The first kappa shape index (κ1) is 22.3. The Bertz CT molecular complexity index is 118. The SMILES string of the molecule is CCCCCCCC[CH]CCCCCCCCC.[NaH]. The van der Waals surface area contributed by atoms with Gasteiger partial charge in [-0.1, -0.05) is 110 Å². The second-order valence-electron chi connectivity index (χ2n) is 5.76. The molecule has 1 heteroatoms. The van der Waals surface area contributed by atoms with E-state index in [0.29, 0.717) is 0 Å². The summed E-state index contributed by atoms with van der Waals surface area (Å²) in [6, 6.07) is 0. The van der Waals surface area contributed by atoms with Crippen LogP contribution >= 0.6 is 0 Å². The van der Waals surface area contributed by atoms with Gasteiger partial charge in [-0.15, -0.1) is 0 Å². The zero-order valence-corrected chi connectivity index (χ0v) is 13.2. The van der Waals surface area contributed by atoms with Crippen molar-refractivity contribution in [2.75, 3.05) is 0 Å². The maximum atomic E-state index is 2.53. The van der Waals surface area contributed by atoms with E-state index in [1.807, 2.05) is 0 Å². The first-order valence-corrected chi connectivity index (χ1v) is 8.73. The first-order chi connectivity index (χ1) is 8.91. The van der Waals surface area contributed by atoms with Gasteiger partial charge in [0.25, 0.3) is 0 Å². The van der Waals surface area contributed by atoms with Gasteiger partial charge in [-0.25, -0.2) is 0 Å². The summed E-state index contributed by atoms with van der Waals surface area (Å²) in [5.41, 5.74) is 0. The van der Waals surface area contributed by atoms with Crippen molar-refractivity contribution in [2.45, 2.75) is 110 Å². The van der Waals surface area contributed by atoms with Gasteiger partial charge in [0.1, 0.15) is 0 Å². The normalized spacial score (nSPS) is 10.4. The van der Waals surface area contributed by atoms with Gasteiger partial charge in [0, 0.05) is 0 Å². The minimum atomic E-state index is 0. The molecule has 111 valence electrons. The predicted molar refractivity (Wildman–Crippen MR) is 92.1 cm³/mol. The first-order valence-electron chi connectivity index (χ1n) is 8.73. The Labute approximate surface area is 145 Å². The number of unbranched alkanes of at least 4 members (excludes halogenated alkanes) is 15. The van der Waals surface area contributed by atoms with Crippen molar-refractivity contribution < 1.29 is 0 Å². The standard InChI is InChI=1S/C18H37.Na.H/c1-3-5-7-9-11-13-15-17-18-16-14-12-10-8-6-4-2;;/h17H,3-16,18H2,1-2H3;;. The Morgan fingerprint density at radius 3 is 1.16 bits per heavy atom. The summed E-state index contributed by atoms with van der Waals surface area (Å²) in [5.74, 6) is 0. The molecule has 0 heterocycles. The van der Waals surface area contributed by atoms with Gasteiger partial charge >= 0.3 is 29.6 Å². The number of hydrogen-bond donors (Lipinski definition) is 0. The fraction of sp³-hybridized carbons (Fsp3) is 0.944.